The number of esters is 1. The van der Waals surface area contributed by atoms with Gasteiger partial charge in [0.15, 0.2) is 0 Å². The van der Waals surface area contributed by atoms with Crippen LogP contribution in [0, 0.1) is 0 Å². The van der Waals surface area contributed by atoms with Gasteiger partial charge in [0.2, 0.25) is 5.78 Å². The van der Waals surface area contributed by atoms with Crippen molar-refractivity contribution in [2.75, 3.05) is 6.61 Å². The molecule has 0 N–H and O–H groups in total. The van der Waals surface area contributed by atoms with E-state index in [2.05, 4.69) is 24.3 Å². The molecule has 0 unspecified atom stereocenters. The van der Waals surface area contributed by atoms with E-state index in [1.54, 1.807) is 31.2 Å². The van der Waals surface area contributed by atoms with Crippen molar-refractivity contribution in [2.24, 2.45) is 0 Å². The van der Waals surface area contributed by atoms with Gasteiger partial charge in [-0.3, -0.25) is 4.79 Å². The third-order valence-corrected chi connectivity index (χ3v) is 4.86. The van der Waals surface area contributed by atoms with E-state index >= 15 is 0 Å². The molecule has 1 aromatic carbocycles. The highest BCUT2D eigenvalue weighted by molar-refractivity contribution is 6.27. The van der Waals surface area contributed by atoms with Gasteiger partial charge in [-0.05, 0) is 42.1 Å². The molecule has 27 heavy (non-hydrogen) atoms. The Kier molecular flexibility index (Phi) is 4.59. The number of benzene rings is 1. The van der Waals surface area contributed by atoms with Crippen LogP contribution in [-0.2, 0) is 9.53 Å². The van der Waals surface area contributed by atoms with Crippen molar-refractivity contribution in [2.45, 2.75) is 19.8 Å². The van der Waals surface area contributed by atoms with Crippen molar-refractivity contribution in [1.29, 1.82) is 0 Å². The fourth-order valence-electron chi connectivity index (χ4n) is 3.59. The zero-order chi connectivity index (χ0) is 18.8. The van der Waals surface area contributed by atoms with Crippen LogP contribution in [0.15, 0.2) is 100 Å². The third kappa shape index (κ3) is 3.17. The molecule has 3 aliphatic carbocycles. The monoisotopic (exact) mass is 356 g/mol. The highest BCUT2D eigenvalue weighted by Crippen LogP contribution is 2.53. The van der Waals surface area contributed by atoms with Gasteiger partial charge in [-0.2, -0.15) is 0 Å². The Labute approximate surface area is 158 Å². The topological polar surface area (TPSA) is 43.4 Å². The molecule has 0 fully saturated rings. The molecule has 3 nitrogen and oxygen atoms in total. The lowest BCUT2D eigenvalue weighted by molar-refractivity contribution is -0.138. The molecule has 4 rings (SSSR count). The molecular formula is C24H20O3. The van der Waals surface area contributed by atoms with Gasteiger partial charge in [0.25, 0.3) is 0 Å². The van der Waals surface area contributed by atoms with Crippen molar-refractivity contribution in [3.8, 4) is 0 Å². The minimum absolute atomic E-state index is 0.147. The second-order valence-corrected chi connectivity index (χ2v) is 6.56. The van der Waals surface area contributed by atoms with Crippen molar-refractivity contribution in [3.05, 3.63) is 106 Å². The summed E-state index contributed by atoms with van der Waals surface area (Å²) in [7, 11) is 0. The van der Waals surface area contributed by atoms with E-state index in [1.165, 1.54) is 0 Å². The summed E-state index contributed by atoms with van der Waals surface area (Å²) in [6.07, 6.45) is 13.9. The maximum Gasteiger partial charge on any atom is 0.342 e. The lowest BCUT2D eigenvalue weighted by Gasteiger charge is -2.07. The number of allylic oxidation sites excluding steroid dienone is 11. The van der Waals surface area contributed by atoms with Gasteiger partial charge in [-0.15, -0.1) is 0 Å². The Bertz CT molecular complexity index is 953. The Morgan fingerprint density at radius 1 is 0.926 bits per heavy atom. The molecule has 0 saturated heterocycles. The molecule has 0 aliphatic heterocycles. The van der Waals surface area contributed by atoms with Crippen LogP contribution in [-0.4, -0.2) is 18.4 Å². The summed E-state index contributed by atoms with van der Waals surface area (Å²) in [6, 6.07) is 8.92. The Balaban J connectivity index is 1.81. The number of rotatable bonds is 6. The largest absolute Gasteiger partial charge is 0.462 e. The van der Waals surface area contributed by atoms with Gasteiger partial charge in [-0.25, -0.2) is 4.79 Å². The molecule has 0 atom stereocenters. The summed E-state index contributed by atoms with van der Waals surface area (Å²) in [5.74, 6) is -0.832. The third-order valence-electron chi connectivity index (χ3n) is 4.86. The van der Waals surface area contributed by atoms with Crippen LogP contribution in [0.25, 0.3) is 0 Å². The van der Waals surface area contributed by atoms with Crippen LogP contribution in [0.5, 0.6) is 0 Å². The highest BCUT2D eigenvalue weighted by Gasteiger charge is 2.41. The number of ketones is 1. The average Bonchev–Trinajstić information content (AvgIpc) is 3.11. The van der Waals surface area contributed by atoms with Gasteiger partial charge in [0, 0.05) is 11.1 Å². The minimum Gasteiger partial charge on any atom is -0.462 e. The molecule has 3 aliphatic rings. The van der Waals surface area contributed by atoms with Gasteiger partial charge in [0.05, 0.1) is 6.61 Å². The zero-order valence-electron chi connectivity index (χ0n) is 15.2. The van der Waals surface area contributed by atoms with Gasteiger partial charge in [-0.1, -0.05) is 66.8 Å². The Hall–Kier alpha value is -3.20. The minimum atomic E-state index is -0.549. The van der Waals surface area contributed by atoms with Crippen LogP contribution in [0.4, 0.5) is 0 Å². The number of hydrogen-bond donors (Lipinski definition) is 0. The van der Waals surface area contributed by atoms with Crippen molar-refractivity contribution in [1.82, 2.24) is 0 Å². The second kappa shape index (κ2) is 7.20. The molecule has 0 radical (unpaired) electrons. The molecule has 0 bridgehead atoms. The molecular weight excluding hydrogens is 336 g/mol. The smallest absolute Gasteiger partial charge is 0.342 e. The van der Waals surface area contributed by atoms with Crippen LogP contribution >= 0.6 is 0 Å². The predicted molar refractivity (Wildman–Crippen MR) is 105 cm³/mol. The molecule has 0 amide bonds. The normalized spacial score (nSPS) is 17.1. The first-order valence-corrected chi connectivity index (χ1v) is 9.20. The Morgan fingerprint density at radius 3 is 2.00 bits per heavy atom. The first kappa shape index (κ1) is 17.2. The predicted octanol–water partition coefficient (Wildman–Crippen LogP) is 4.81. The van der Waals surface area contributed by atoms with E-state index in [0.717, 1.165) is 40.7 Å². The van der Waals surface area contributed by atoms with Crippen molar-refractivity contribution < 1.29 is 14.3 Å². The second-order valence-electron chi connectivity index (χ2n) is 6.56. The van der Waals surface area contributed by atoms with E-state index in [-0.39, 0.29) is 18.0 Å². The van der Waals surface area contributed by atoms with Crippen LogP contribution < -0.4 is 0 Å². The van der Waals surface area contributed by atoms with E-state index in [9.17, 15) is 9.59 Å². The maximum absolute atomic E-state index is 13.2. The summed E-state index contributed by atoms with van der Waals surface area (Å²) in [5.41, 5.74) is 5.76. The molecule has 0 aromatic heterocycles. The summed E-state index contributed by atoms with van der Waals surface area (Å²) in [5, 5.41) is 0. The Morgan fingerprint density at radius 2 is 1.52 bits per heavy atom. The van der Waals surface area contributed by atoms with Crippen LogP contribution in [0.2, 0.25) is 0 Å². The molecule has 0 heterocycles. The maximum atomic E-state index is 13.2. The molecule has 134 valence electrons. The number of ether oxygens (including phenoxy) is 1. The summed E-state index contributed by atoms with van der Waals surface area (Å²) < 4.78 is 5.26. The van der Waals surface area contributed by atoms with E-state index in [1.807, 2.05) is 18.2 Å². The first-order valence-electron chi connectivity index (χ1n) is 9.20. The average molecular weight is 356 g/mol. The lowest BCUT2D eigenvalue weighted by Crippen LogP contribution is -2.17. The van der Waals surface area contributed by atoms with Gasteiger partial charge < -0.3 is 4.74 Å². The molecule has 0 spiro atoms. The number of carbonyl (C=O) groups is 2. The number of Topliss-reactive ketones (excluding diaryl/α,β-unsaturated/α-hetero) is 1. The highest BCUT2D eigenvalue weighted by atomic mass is 16.5. The van der Waals surface area contributed by atoms with E-state index in [4.69, 9.17) is 4.74 Å². The fourth-order valence-corrected chi connectivity index (χ4v) is 3.59. The summed E-state index contributed by atoms with van der Waals surface area (Å²) in [4.78, 5) is 26.0. The molecule has 0 saturated carbocycles. The molecule has 1 aromatic rings. The SMILES string of the molecule is CCOC(=O)C(C(=O)c1ccccc1)=C1C(C2=CC=CC2)=C1C1=CC=CC1. The summed E-state index contributed by atoms with van der Waals surface area (Å²) in [6.45, 7) is 1.99. The van der Waals surface area contributed by atoms with E-state index < -0.39 is 5.97 Å². The lowest BCUT2D eigenvalue weighted by atomic mass is 9.99. The van der Waals surface area contributed by atoms with Gasteiger partial charge >= 0.3 is 5.97 Å². The van der Waals surface area contributed by atoms with Crippen LogP contribution in [0.1, 0.15) is 30.1 Å². The van der Waals surface area contributed by atoms with Crippen molar-refractivity contribution >= 4 is 11.8 Å². The number of carbonyl (C=O) groups excluding carboxylic acids is 2. The number of hydrogen-bond acceptors (Lipinski definition) is 3. The zero-order valence-corrected chi connectivity index (χ0v) is 15.2. The molecule has 3 heteroatoms. The quantitative estimate of drug-likeness (QED) is 0.241. The fraction of sp³-hybridized carbons (Fsp3) is 0.167. The standard InChI is InChI=1S/C24H20O3/c1-2-27-24(26)22(23(25)18-14-4-3-5-15-18)21-19(16-10-6-7-11-16)20(21)17-12-8-9-13-17/h3-10,12,14-15H,2,11,13H2,1H3. The first-order chi connectivity index (χ1) is 13.2. The van der Waals surface area contributed by atoms with Crippen molar-refractivity contribution in [3.63, 3.8) is 0 Å². The summed E-state index contributed by atoms with van der Waals surface area (Å²) >= 11 is 0. The van der Waals surface area contributed by atoms with E-state index in [0.29, 0.717) is 5.56 Å². The van der Waals surface area contributed by atoms with Gasteiger partial charge in [0.1, 0.15) is 5.57 Å². The van der Waals surface area contributed by atoms with Crippen LogP contribution in [0.3, 0.4) is 0 Å².